The van der Waals surface area contributed by atoms with Crippen molar-refractivity contribution in [3.05, 3.63) is 42.5 Å². The molecule has 1 N–H and O–H groups in total. The Morgan fingerprint density at radius 2 is 1.79 bits per heavy atom. The third kappa shape index (κ3) is 2.44. The highest BCUT2D eigenvalue weighted by atomic mass is 32.2. The van der Waals surface area contributed by atoms with Gasteiger partial charge in [0, 0.05) is 12.1 Å². The molecule has 5 nitrogen and oxygen atoms in total. The number of hydrogen-bond donors (Lipinski definition) is 1. The molecular formula is C15H13F3N2O3S. The van der Waals surface area contributed by atoms with Crippen molar-refractivity contribution in [1.29, 1.82) is 0 Å². The van der Waals surface area contributed by atoms with Crippen LogP contribution in [0.25, 0.3) is 10.8 Å². The van der Waals surface area contributed by atoms with Crippen LogP contribution in [-0.4, -0.2) is 35.6 Å². The summed E-state index contributed by atoms with van der Waals surface area (Å²) in [6, 6.07) is 10.8. The fraction of sp³-hybridized carbons (Fsp3) is 0.267. The molecule has 0 unspecified atom stereocenters. The molecule has 1 atom stereocenters. The number of sulfonamides is 1. The average molecular weight is 358 g/mol. The smallest absolute Gasteiger partial charge is 0.361 e. The summed E-state index contributed by atoms with van der Waals surface area (Å²) in [7, 11) is -4.68. The van der Waals surface area contributed by atoms with Crippen molar-refractivity contribution < 1.29 is 26.7 Å². The molecule has 24 heavy (non-hydrogen) atoms. The number of rotatable bonds is 2. The number of nitrogens with zero attached hydrogens (tertiary/aromatic N) is 2. The molecule has 0 radical (unpaired) electrons. The molecule has 0 aromatic heterocycles. The maximum Gasteiger partial charge on any atom is 0.439 e. The van der Waals surface area contributed by atoms with Gasteiger partial charge in [-0.2, -0.15) is 26.7 Å². The molecule has 0 amide bonds. The molecule has 0 saturated heterocycles. The van der Waals surface area contributed by atoms with Gasteiger partial charge in [-0.15, -0.1) is 4.41 Å². The summed E-state index contributed by atoms with van der Waals surface area (Å²) in [5.41, 5.74) is -3.71. The van der Waals surface area contributed by atoms with Gasteiger partial charge in [-0.25, -0.2) is 0 Å². The first kappa shape index (κ1) is 16.7. The zero-order chi connectivity index (χ0) is 17.8. The van der Waals surface area contributed by atoms with E-state index in [1.165, 1.54) is 25.1 Å². The van der Waals surface area contributed by atoms with E-state index in [2.05, 4.69) is 5.10 Å². The van der Waals surface area contributed by atoms with E-state index in [0.717, 1.165) is 5.39 Å². The molecule has 128 valence electrons. The summed E-state index contributed by atoms with van der Waals surface area (Å²) in [6.45, 7) is 1.23. The molecule has 1 heterocycles. The minimum absolute atomic E-state index is 0.126. The largest absolute Gasteiger partial charge is 0.439 e. The molecule has 0 saturated carbocycles. The first-order valence-electron chi connectivity index (χ1n) is 6.93. The number of hydrazone groups is 1. The number of fused-ring (bicyclic) bond motifs is 1. The van der Waals surface area contributed by atoms with Gasteiger partial charge in [-0.1, -0.05) is 30.3 Å². The summed E-state index contributed by atoms with van der Waals surface area (Å²) < 4.78 is 64.8. The van der Waals surface area contributed by atoms with Crippen molar-refractivity contribution in [2.24, 2.45) is 5.10 Å². The monoisotopic (exact) mass is 358 g/mol. The van der Waals surface area contributed by atoms with Gasteiger partial charge in [0.25, 0.3) is 15.7 Å². The lowest BCUT2D eigenvalue weighted by atomic mass is 10.1. The van der Waals surface area contributed by atoms with Gasteiger partial charge in [-0.3, -0.25) is 0 Å². The third-order valence-corrected chi connectivity index (χ3v) is 5.47. The van der Waals surface area contributed by atoms with Gasteiger partial charge >= 0.3 is 6.18 Å². The first-order valence-corrected chi connectivity index (χ1v) is 8.37. The van der Waals surface area contributed by atoms with Crippen molar-refractivity contribution in [2.75, 3.05) is 0 Å². The first-order chi connectivity index (χ1) is 11.1. The van der Waals surface area contributed by atoms with Crippen LogP contribution in [0.1, 0.15) is 13.3 Å². The van der Waals surface area contributed by atoms with Crippen LogP contribution in [0.4, 0.5) is 13.2 Å². The molecule has 1 aliphatic heterocycles. The summed E-state index contributed by atoms with van der Waals surface area (Å²) in [5.74, 6) is 0. The molecule has 0 bridgehead atoms. The topological polar surface area (TPSA) is 70.0 Å². The van der Waals surface area contributed by atoms with E-state index >= 15 is 0 Å². The minimum Gasteiger partial charge on any atom is -0.361 e. The summed E-state index contributed by atoms with van der Waals surface area (Å²) in [5, 5.41) is 14.7. The zero-order valence-corrected chi connectivity index (χ0v) is 13.3. The molecule has 2 aromatic carbocycles. The highest BCUT2D eigenvalue weighted by Crippen LogP contribution is 2.43. The Kier molecular flexibility index (Phi) is 3.61. The highest BCUT2D eigenvalue weighted by molar-refractivity contribution is 7.89. The fourth-order valence-electron chi connectivity index (χ4n) is 2.59. The van der Waals surface area contributed by atoms with Crippen molar-refractivity contribution in [1.82, 2.24) is 4.41 Å². The van der Waals surface area contributed by atoms with Crippen LogP contribution in [0.2, 0.25) is 0 Å². The maximum absolute atomic E-state index is 13.2. The van der Waals surface area contributed by atoms with E-state index in [1.54, 1.807) is 24.3 Å². The number of halogens is 3. The summed E-state index contributed by atoms with van der Waals surface area (Å²) >= 11 is 0. The predicted octanol–water partition coefficient (Wildman–Crippen LogP) is 2.86. The molecule has 3 rings (SSSR count). The second kappa shape index (κ2) is 5.18. The molecule has 2 aromatic rings. The molecule has 9 heteroatoms. The van der Waals surface area contributed by atoms with E-state index in [0.29, 0.717) is 5.39 Å². The standard InChI is InChI=1S/C15H13F3N2O3S/c1-10-9-14(21,15(16,17)18)20(19-10)24(22,23)13-7-6-11-4-2-3-5-12(11)8-13/h2-8,21H,9H2,1H3/t14-/m0/s1. The van der Waals surface area contributed by atoms with E-state index in [9.17, 15) is 26.7 Å². The van der Waals surface area contributed by atoms with Crippen LogP contribution in [0, 0.1) is 0 Å². The Hall–Kier alpha value is -2.13. The Morgan fingerprint density at radius 3 is 2.42 bits per heavy atom. The number of benzene rings is 2. The van der Waals surface area contributed by atoms with E-state index in [-0.39, 0.29) is 15.0 Å². The van der Waals surface area contributed by atoms with Crippen LogP contribution < -0.4 is 0 Å². The second-order valence-electron chi connectivity index (χ2n) is 5.58. The normalized spacial score (nSPS) is 22.0. The van der Waals surface area contributed by atoms with Gasteiger partial charge in [0.05, 0.1) is 4.90 Å². The second-order valence-corrected chi connectivity index (χ2v) is 7.35. The molecular weight excluding hydrogens is 345 g/mol. The van der Waals surface area contributed by atoms with Gasteiger partial charge in [0.1, 0.15) is 0 Å². The predicted molar refractivity (Wildman–Crippen MR) is 81.7 cm³/mol. The number of alkyl halides is 3. The Morgan fingerprint density at radius 1 is 1.17 bits per heavy atom. The lowest BCUT2D eigenvalue weighted by Gasteiger charge is -2.33. The van der Waals surface area contributed by atoms with Crippen molar-refractivity contribution in [3.8, 4) is 0 Å². The van der Waals surface area contributed by atoms with Gasteiger partial charge in [0.2, 0.25) is 0 Å². The summed E-state index contributed by atoms with van der Waals surface area (Å²) in [4.78, 5) is -0.373. The number of aliphatic hydroxyl groups is 1. The lowest BCUT2D eigenvalue weighted by Crippen LogP contribution is -2.56. The van der Waals surface area contributed by atoms with Gasteiger partial charge in [-0.05, 0) is 29.8 Å². The molecule has 0 spiro atoms. The van der Waals surface area contributed by atoms with E-state index < -0.39 is 28.3 Å². The van der Waals surface area contributed by atoms with Gasteiger partial charge in [0.15, 0.2) is 0 Å². The minimum atomic E-state index is -5.18. The van der Waals surface area contributed by atoms with Crippen LogP contribution >= 0.6 is 0 Å². The number of hydrogen-bond acceptors (Lipinski definition) is 4. The molecule has 0 aliphatic carbocycles. The van der Waals surface area contributed by atoms with Crippen LogP contribution in [0.15, 0.2) is 52.5 Å². The SMILES string of the molecule is CC1=NN(S(=O)(=O)c2ccc3ccccc3c2)[C@@](O)(C(F)(F)F)C1. The third-order valence-electron chi connectivity index (χ3n) is 3.78. The van der Waals surface area contributed by atoms with Crippen molar-refractivity contribution in [3.63, 3.8) is 0 Å². The zero-order valence-electron chi connectivity index (χ0n) is 12.4. The Balaban J connectivity index is 2.14. The lowest BCUT2D eigenvalue weighted by molar-refractivity contribution is -0.291. The van der Waals surface area contributed by atoms with Crippen molar-refractivity contribution in [2.45, 2.75) is 30.1 Å². The van der Waals surface area contributed by atoms with Crippen LogP contribution in [-0.2, 0) is 10.0 Å². The Labute approximate surface area is 136 Å². The highest BCUT2D eigenvalue weighted by Gasteiger charge is 2.64. The van der Waals surface area contributed by atoms with Crippen molar-refractivity contribution >= 4 is 26.5 Å². The average Bonchev–Trinajstić information content (AvgIpc) is 2.83. The Bertz CT molecular complexity index is 940. The quantitative estimate of drug-likeness (QED) is 0.897. The maximum atomic E-state index is 13.2. The fourth-order valence-corrected chi connectivity index (χ4v) is 4.11. The van der Waals surface area contributed by atoms with E-state index in [1.807, 2.05) is 0 Å². The van der Waals surface area contributed by atoms with Gasteiger partial charge < -0.3 is 5.11 Å². The molecule has 1 aliphatic rings. The van der Waals surface area contributed by atoms with Crippen LogP contribution in [0.5, 0.6) is 0 Å². The van der Waals surface area contributed by atoms with E-state index in [4.69, 9.17) is 0 Å². The summed E-state index contributed by atoms with van der Waals surface area (Å²) in [6.07, 6.45) is -6.11. The molecule has 0 fully saturated rings. The van der Waals surface area contributed by atoms with Crippen LogP contribution in [0.3, 0.4) is 0 Å².